The number of thiazole rings is 1. The molecular formula is C12H16N2S. The quantitative estimate of drug-likeness (QED) is 0.787. The van der Waals surface area contributed by atoms with E-state index in [2.05, 4.69) is 36.2 Å². The maximum atomic E-state index is 5.61. The van der Waals surface area contributed by atoms with Crippen molar-refractivity contribution in [2.75, 3.05) is 5.73 Å². The minimum absolute atomic E-state index is 0.611. The largest absolute Gasteiger partial charge is 0.375 e. The highest BCUT2D eigenvalue weighted by Crippen LogP contribution is 2.24. The molecule has 1 aromatic heterocycles. The third-order valence-corrected chi connectivity index (χ3v) is 2.68. The molecule has 0 saturated carbocycles. The summed E-state index contributed by atoms with van der Waals surface area (Å²) >= 11 is 1.51. The molecule has 3 heteroatoms. The van der Waals surface area contributed by atoms with Gasteiger partial charge in [0.1, 0.15) is 0 Å². The zero-order valence-electron chi connectivity index (χ0n) is 9.10. The van der Waals surface area contributed by atoms with Gasteiger partial charge in [-0.15, -0.1) is 0 Å². The van der Waals surface area contributed by atoms with E-state index in [-0.39, 0.29) is 0 Å². The lowest BCUT2D eigenvalue weighted by atomic mass is 10.2. The lowest BCUT2D eigenvalue weighted by Gasteiger charge is -1.94. The van der Waals surface area contributed by atoms with Gasteiger partial charge in [0.05, 0.1) is 4.88 Å². The number of allylic oxidation sites excluding steroid dienone is 6. The van der Waals surface area contributed by atoms with Crippen LogP contribution in [0.25, 0.3) is 5.57 Å². The Morgan fingerprint density at radius 1 is 1.60 bits per heavy atom. The fourth-order valence-electron chi connectivity index (χ4n) is 1.13. The van der Waals surface area contributed by atoms with Gasteiger partial charge in [-0.3, -0.25) is 0 Å². The van der Waals surface area contributed by atoms with E-state index < -0.39 is 0 Å². The average Bonchev–Trinajstić information content (AvgIpc) is 2.64. The second-order valence-electron chi connectivity index (χ2n) is 3.02. The Labute approximate surface area is 94.8 Å². The second kappa shape index (κ2) is 6.19. The summed E-state index contributed by atoms with van der Waals surface area (Å²) in [5.41, 5.74) is 6.75. The number of hydrogen-bond donors (Lipinski definition) is 1. The van der Waals surface area contributed by atoms with E-state index in [9.17, 15) is 0 Å². The maximum absolute atomic E-state index is 5.61. The van der Waals surface area contributed by atoms with Crippen molar-refractivity contribution in [1.29, 1.82) is 0 Å². The monoisotopic (exact) mass is 220 g/mol. The van der Waals surface area contributed by atoms with Crippen molar-refractivity contribution in [3.8, 4) is 0 Å². The van der Waals surface area contributed by atoms with Crippen LogP contribution in [0.5, 0.6) is 0 Å². The van der Waals surface area contributed by atoms with E-state index in [1.165, 1.54) is 11.3 Å². The molecule has 15 heavy (non-hydrogen) atoms. The van der Waals surface area contributed by atoms with Crippen LogP contribution < -0.4 is 5.73 Å². The Bertz CT molecular complexity index is 386. The minimum atomic E-state index is 0.611. The number of rotatable bonds is 4. The van der Waals surface area contributed by atoms with Crippen LogP contribution in [-0.4, -0.2) is 4.98 Å². The van der Waals surface area contributed by atoms with Gasteiger partial charge in [0.2, 0.25) is 0 Å². The van der Waals surface area contributed by atoms with E-state index in [1.807, 2.05) is 19.2 Å². The highest BCUT2D eigenvalue weighted by Gasteiger charge is 2.00. The zero-order valence-corrected chi connectivity index (χ0v) is 9.92. The summed E-state index contributed by atoms with van der Waals surface area (Å²) in [6.07, 6.45) is 13.2. The van der Waals surface area contributed by atoms with Crippen LogP contribution in [0.4, 0.5) is 5.13 Å². The summed E-state index contributed by atoms with van der Waals surface area (Å²) < 4.78 is 0. The van der Waals surface area contributed by atoms with E-state index in [0.717, 1.165) is 16.9 Å². The van der Waals surface area contributed by atoms with Crippen LogP contribution in [0.15, 0.2) is 36.6 Å². The van der Waals surface area contributed by atoms with Gasteiger partial charge in [-0.2, -0.15) is 0 Å². The van der Waals surface area contributed by atoms with Gasteiger partial charge in [0.15, 0.2) is 5.13 Å². The molecular weight excluding hydrogens is 204 g/mol. The van der Waals surface area contributed by atoms with E-state index in [4.69, 9.17) is 5.73 Å². The molecule has 0 aliphatic heterocycles. The lowest BCUT2D eigenvalue weighted by molar-refractivity contribution is 1.22. The van der Waals surface area contributed by atoms with Gasteiger partial charge < -0.3 is 5.73 Å². The molecule has 2 N–H and O–H groups in total. The van der Waals surface area contributed by atoms with Crippen LogP contribution in [0.3, 0.4) is 0 Å². The fourth-order valence-corrected chi connectivity index (χ4v) is 1.82. The molecule has 2 nitrogen and oxygen atoms in total. The molecule has 1 rings (SSSR count). The molecule has 0 aliphatic carbocycles. The highest BCUT2D eigenvalue weighted by atomic mass is 32.1. The standard InChI is InChI=1S/C12H16N2S/c1-3-5-6-8-10(7-4-2)11-9-14-12(13)15-11/h4-9H,3H2,1-2H3,(H2,13,14). The number of aromatic nitrogens is 1. The number of nitrogens with zero attached hydrogens (tertiary/aromatic N) is 1. The summed E-state index contributed by atoms with van der Waals surface area (Å²) in [5.74, 6) is 0. The van der Waals surface area contributed by atoms with Gasteiger partial charge >= 0.3 is 0 Å². The summed E-state index contributed by atoms with van der Waals surface area (Å²) in [7, 11) is 0. The Kier molecular flexibility index (Phi) is 4.84. The average molecular weight is 220 g/mol. The first kappa shape index (κ1) is 11.7. The normalized spacial score (nSPS) is 13.1. The molecule has 0 amide bonds. The van der Waals surface area contributed by atoms with Crippen molar-refractivity contribution in [1.82, 2.24) is 4.98 Å². The molecule has 0 spiro atoms. The summed E-state index contributed by atoms with van der Waals surface area (Å²) in [5, 5.41) is 0.611. The molecule has 1 heterocycles. The van der Waals surface area contributed by atoms with Crippen molar-refractivity contribution in [3.05, 3.63) is 41.5 Å². The number of hydrogen-bond acceptors (Lipinski definition) is 3. The summed E-state index contributed by atoms with van der Waals surface area (Å²) in [6, 6.07) is 0. The SMILES string of the molecule is CC=CC(=CC=CCC)c1cnc(N)s1. The molecule has 80 valence electrons. The van der Waals surface area contributed by atoms with Crippen molar-refractivity contribution in [2.24, 2.45) is 0 Å². The lowest BCUT2D eigenvalue weighted by Crippen LogP contribution is -1.77. The van der Waals surface area contributed by atoms with Crippen LogP contribution in [-0.2, 0) is 0 Å². The van der Waals surface area contributed by atoms with Crippen molar-refractivity contribution in [3.63, 3.8) is 0 Å². The predicted octanol–water partition coefficient (Wildman–Crippen LogP) is 3.65. The van der Waals surface area contributed by atoms with E-state index in [1.54, 1.807) is 0 Å². The van der Waals surface area contributed by atoms with Crippen LogP contribution in [0.2, 0.25) is 0 Å². The first-order valence-corrected chi connectivity index (χ1v) is 5.80. The summed E-state index contributed by atoms with van der Waals surface area (Å²) in [6.45, 7) is 4.12. The zero-order chi connectivity index (χ0) is 11.1. The maximum Gasteiger partial charge on any atom is 0.180 e. The van der Waals surface area contributed by atoms with E-state index >= 15 is 0 Å². The van der Waals surface area contributed by atoms with Gasteiger partial charge in [-0.05, 0) is 18.9 Å². The molecule has 0 aromatic carbocycles. The molecule has 0 unspecified atom stereocenters. The van der Waals surface area contributed by atoms with Gasteiger partial charge in [-0.25, -0.2) is 4.98 Å². The fraction of sp³-hybridized carbons (Fsp3) is 0.250. The Morgan fingerprint density at radius 2 is 2.40 bits per heavy atom. The van der Waals surface area contributed by atoms with Gasteiger partial charge in [-0.1, -0.05) is 48.6 Å². The number of anilines is 1. The third kappa shape index (κ3) is 3.72. The Morgan fingerprint density at radius 3 is 2.93 bits per heavy atom. The smallest absolute Gasteiger partial charge is 0.180 e. The summed E-state index contributed by atoms with van der Waals surface area (Å²) in [4.78, 5) is 5.15. The third-order valence-electron chi connectivity index (χ3n) is 1.80. The Hall–Kier alpha value is -1.35. The molecule has 0 fully saturated rings. The molecule has 0 bridgehead atoms. The molecule has 1 aromatic rings. The number of nitrogens with two attached hydrogens (primary N) is 1. The van der Waals surface area contributed by atoms with Crippen molar-refractivity contribution < 1.29 is 0 Å². The second-order valence-corrected chi connectivity index (χ2v) is 4.08. The topological polar surface area (TPSA) is 38.9 Å². The van der Waals surface area contributed by atoms with Crippen LogP contribution >= 0.6 is 11.3 Å². The van der Waals surface area contributed by atoms with Crippen LogP contribution in [0.1, 0.15) is 25.1 Å². The molecule has 0 saturated heterocycles. The van der Waals surface area contributed by atoms with E-state index in [0.29, 0.717) is 5.13 Å². The first-order chi connectivity index (χ1) is 7.27. The molecule has 0 aliphatic rings. The highest BCUT2D eigenvalue weighted by molar-refractivity contribution is 7.16. The van der Waals surface area contributed by atoms with Gasteiger partial charge in [0, 0.05) is 6.20 Å². The minimum Gasteiger partial charge on any atom is -0.375 e. The van der Waals surface area contributed by atoms with Gasteiger partial charge in [0.25, 0.3) is 0 Å². The van der Waals surface area contributed by atoms with Crippen molar-refractivity contribution in [2.45, 2.75) is 20.3 Å². The molecule has 0 atom stereocenters. The van der Waals surface area contributed by atoms with Crippen LogP contribution in [0, 0.1) is 0 Å². The van der Waals surface area contributed by atoms with Crippen molar-refractivity contribution >= 4 is 22.0 Å². The Balaban J connectivity index is 2.92. The number of nitrogen functional groups attached to an aromatic ring is 1. The molecule has 0 radical (unpaired) electrons. The first-order valence-electron chi connectivity index (χ1n) is 4.99. The predicted molar refractivity (Wildman–Crippen MR) is 68.7 cm³/mol.